The molecule has 1 N–H and O–H groups in total. The zero-order valence-corrected chi connectivity index (χ0v) is 12.4. The highest BCUT2D eigenvalue weighted by molar-refractivity contribution is 9.10. The zero-order valence-electron chi connectivity index (χ0n) is 10.8. The minimum Gasteiger partial charge on any atom is -0.372 e. The second-order valence-corrected chi connectivity index (χ2v) is 5.63. The number of hydrogen-bond donors (Lipinski definition) is 1. The number of ether oxygens (including phenoxy) is 1. The number of benzene rings is 1. The molecule has 0 unspecified atom stereocenters. The second-order valence-electron chi connectivity index (χ2n) is 4.72. The molecule has 1 aliphatic rings. The van der Waals surface area contributed by atoms with E-state index in [1.54, 1.807) is 11.0 Å². The van der Waals surface area contributed by atoms with Gasteiger partial charge in [0.15, 0.2) is 0 Å². The van der Waals surface area contributed by atoms with E-state index in [0.29, 0.717) is 17.6 Å². The molecule has 0 saturated carbocycles. The van der Waals surface area contributed by atoms with E-state index in [1.165, 1.54) is 12.1 Å². The molecule has 1 fully saturated rings. The first-order chi connectivity index (χ1) is 8.95. The smallest absolute Gasteiger partial charge is 0.322 e. The summed E-state index contributed by atoms with van der Waals surface area (Å²) < 4.78 is 19.8. The fraction of sp³-hybridized carbons (Fsp3) is 0.462. The van der Waals surface area contributed by atoms with E-state index in [9.17, 15) is 9.18 Å². The van der Waals surface area contributed by atoms with Gasteiger partial charge in [0, 0.05) is 17.6 Å². The first-order valence-corrected chi connectivity index (χ1v) is 6.91. The van der Waals surface area contributed by atoms with Crippen molar-refractivity contribution in [3.63, 3.8) is 0 Å². The van der Waals surface area contributed by atoms with E-state index in [1.807, 2.05) is 13.8 Å². The van der Waals surface area contributed by atoms with Crippen LogP contribution >= 0.6 is 15.9 Å². The predicted molar refractivity (Wildman–Crippen MR) is 74.7 cm³/mol. The number of nitrogens with one attached hydrogen (secondary N) is 1. The third kappa shape index (κ3) is 3.67. The minimum atomic E-state index is -0.461. The number of carbonyl (C=O) groups is 1. The van der Waals surface area contributed by atoms with Crippen LogP contribution in [0.25, 0.3) is 0 Å². The quantitative estimate of drug-likeness (QED) is 0.858. The Morgan fingerprint density at radius 2 is 2.05 bits per heavy atom. The Morgan fingerprint density at radius 1 is 1.42 bits per heavy atom. The van der Waals surface area contributed by atoms with Crippen molar-refractivity contribution in [2.24, 2.45) is 0 Å². The van der Waals surface area contributed by atoms with Crippen molar-refractivity contribution in [1.82, 2.24) is 4.90 Å². The lowest BCUT2D eigenvalue weighted by Gasteiger charge is -2.35. The number of urea groups is 1. The van der Waals surface area contributed by atoms with Gasteiger partial charge in [-0.1, -0.05) is 15.9 Å². The van der Waals surface area contributed by atoms with Crippen LogP contribution in [0.2, 0.25) is 0 Å². The van der Waals surface area contributed by atoms with Crippen LogP contribution in [0.4, 0.5) is 14.9 Å². The molecule has 1 aliphatic heterocycles. The van der Waals surface area contributed by atoms with Crippen LogP contribution in [0, 0.1) is 5.82 Å². The van der Waals surface area contributed by atoms with Crippen LogP contribution in [0.15, 0.2) is 22.7 Å². The van der Waals surface area contributed by atoms with Gasteiger partial charge in [0.2, 0.25) is 0 Å². The van der Waals surface area contributed by atoms with Gasteiger partial charge < -0.3 is 15.0 Å². The summed E-state index contributed by atoms with van der Waals surface area (Å²) in [5, 5.41) is 2.58. The van der Waals surface area contributed by atoms with Crippen molar-refractivity contribution >= 4 is 27.6 Å². The molecule has 0 aliphatic carbocycles. The van der Waals surface area contributed by atoms with Crippen molar-refractivity contribution in [2.45, 2.75) is 26.1 Å². The molecule has 0 bridgehead atoms. The Balaban J connectivity index is 2.04. The second kappa shape index (κ2) is 5.88. The summed E-state index contributed by atoms with van der Waals surface area (Å²) in [5.41, 5.74) is 0.181. The van der Waals surface area contributed by atoms with E-state index < -0.39 is 5.82 Å². The molecule has 0 aromatic heterocycles. The predicted octanol–water partition coefficient (Wildman–Crippen LogP) is 3.23. The van der Waals surface area contributed by atoms with E-state index in [0.717, 1.165) is 0 Å². The van der Waals surface area contributed by atoms with Crippen LogP contribution in [0.5, 0.6) is 0 Å². The molecule has 2 amide bonds. The summed E-state index contributed by atoms with van der Waals surface area (Å²) in [4.78, 5) is 13.7. The van der Waals surface area contributed by atoms with Crippen LogP contribution in [-0.2, 0) is 4.74 Å². The average molecular weight is 331 g/mol. The molecule has 2 rings (SSSR count). The Labute approximate surface area is 120 Å². The number of halogens is 2. The lowest BCUT2D eigenvalue weighted by atomic mass is 10.2. The average Bonchev–Trinajstić information content (AvgIpc) is 2.31. The van der Waals surface area contributed by atoms with E-state index >= 15 is 0 Å². The van der Waals surface area contributed by atoms with Crippen LogP contribution < -0.4 is 5.32 Å². The van der Waals surface area contributed by atoms with Crippen molar-refractivity contribution in [1.29, 1.82) is 0 Å². The van der Waals surface area contributed by atoms with E-state index in [2.05, 4.69) is 21.2 Å². The third-order valence-electron chi connectivity index (χ3n) is 2.88. The Hall–Kier alpha value is -1.14. The molecule has 104 valence electrons. The lowest BCUT2D eigenvalue weighted by molar-refractivity contribution is -0.0530. The minimum absolute atomic E-state index is 0.00994. The molecule has 1 heterocycles. The van der Waals surface area contributed by atoms with E-state index in [4.69, 9.17) is 4.74 Å². The first kappa shape index (κ1) is 14.3. The Kier molecular flexibility index (Phi) is 4.42. The highest BCUT2D eigenvalue weighted by Gasteiger charge is 2.26. The molecule has 2 atom stereocenters. The van der Waals surface area contributed by atoms with Gasteiger partial charge in [-0.2, -0.15) is 0 Å². The van der Waals surface area contributed by atoms with Crippen molar-refractivity contribution in [2.75, 3.05) is 18.4 Å². The molecule has 0 spiro atoms. The SMILES string of the molecule is C[C@@H]1CN(C(=O)Nc2ccc(Br)cc2F)C[C@H](C)O1. The molecule has 0 radical (unpaired) electrons. The molecule has 6 heteroatoms. The fourth-order valence-corrected chi connectivity index (χ4v) is 2.46. The fourth-order valence-electron chi connectivity index (χ4n) is 2.13. The highest BCUT2D eigenvalue weighted by atomic mass is 79.9. The van der Waals surface area contributed by atoms with Crippen molar-refractivity contribution in [3.8, 4) is 0 Å². The lowest BCUT2D eigenvalue weighted by Crippen LogP contribution is -2.49. The largest absolute Gasteiger partial charge is 0.372 e. The van der Waals surface area contributed by atoms with Crippen molar-refractivity contribution in [3.05, 3.63) is 28.5 Å². The van der Waals surface area contributed by atoms with Gasteiger partial charge in [-0.3, -0.25) is 0 Å². The number of hydrogen-bond acceptors (Lipinski definition) is 2. The maximum atomic E-state index is 13.6. The summed E-state index contributed by atoms with van der Waals surface area (Å²) in [6.07, 6.45) is -0.0199. The zero-order chi connectivity index (χ0) is 14.0. The summed E-state index contributed by atoms with van der Waals surface area (Å²) in [7, 11) is 0. The molecular formula is C13H16BrFN2O2. The maximum absolute atomic E-state index is 13.6. The Morgan fingerprint density at radius 3 is 2.63 bits per heavy atom. The highest BCUT2D eigenvalue weighted by Crippen LogP contribution is 2.20. The molecule has 4 nitrogen and oxygen atoms in total. The molecule has 1 aromatic rings. The molecule has 1 saturated heterocycles. The maximum Gasteiger partial charge on any atom is 0.322 e. The van der Waals surface area contributed by atoms with Gasteiger partial charge in [0.05, 0.1) is 17.9 Å². The summed E-state index contributed by atoms with van der Waals surface area (Å²) in [6, 6.07) is 4.23. The van der Waals surface area contributed by atoms with Gasteiger partial charge in [-0.15, -0.1) is 0 Å². The number of nitrogens with zero attached hydrogens (tertiary/aromatic N) is 1. The van der Waals surface area contributed by atoms with Gasteiger partial charge in [-0.25, -0.2) is 9.18 Å². The van der Waals surface area contributed by atoms with Crippen LogP contribution in [0.1, 0.15) is 13.8 Å². The van der Waals surface area contributed by atoms with Gasteiger partial charge in [-0.05, 0) is 32.0 Å². The van der Waals surface area contributed by atoms with Crippen LogP contribution in [0.3, 0.4) is 0 Å². The topological polar surface area (TPSA) is 41.6 Å². The number of anilines is 1. The number of morpholine rings is 1. The van der Waals surface area contributed by atoms with Crippen molar-refractivity contribution < 1.29 is 13.9 Å². The summed E-state index contributed by atoms with van der Waals surface area (Å²) >= 11 is 3.18. The standard InChI is InChI=1S/C13H16BrFN2O2/c1-8-6-17(7-9(2)19-8)13(18)16-12-4-3-10(14)5-11(12)15/h3-5,8-9H,6-7H2,1-2H3,(H,16,18)/t8-,9+. The van der Waals surface area contributed by atoms with E-state index in [-0.39, 0.29) is 23.9 Å². The van der Waals surface area contributed by atoms with Gasteiger partial charge in [0.25, 0.3) is 0 Å². The van der Waals surface area contributed by atoms with Crippen LogP contribution in [-0.4, -0.2) is 36.2 Å². The summed E-state index contributed by atoms with van der Waals surface area (Å²) in [6.45, 7) is 4.84. The molecule has 19 heavy (non-hydrogen) atoms. The third-order valence-corrected chi connectivity index (χ3v) is 3.37. The monoisotopic (exact) mass is 330 g/mol. The van der Waals surface area contributed by atoms with Gasteiger partial charge in [0.1, 0.15) is 5.82 Å². The normalized spacial score (nSPS) is 23.3. The first-order valence-electron chi connectivity index (χ1n) is 6.12. The van der Waals surface area contributed by atoms with Gasteiger partial charge >= 0.3 is 6.03 Å². The molecule has 1 aromatic carbocycles. The Bertz CT molecular complexity index is 474. The molecular weight excluding hydrogens is 315 g/mol. The number of rotatable bonds is 1. The summed E-state index contributed by atoms with van der Waals surface area (Å²) in [5.74, 6) is -0.461. The number of carbonyl (C=O) groups excluding carboxylic acids is 1. The number of amides is 2.